The Morgan fingerprint density at radius 1 is 1.39 bits per heavy atom. The molecule has 1 aromatic heterocycles. The van der Waals surface area contributed by atoms with Crippen molar-refractivity contribution in [1.82, 2.24) is 15.0 Å². The van der Waals surface area contributed by atoms with Gasteiger partial charge in [0.1, 0.15) is 0 Å². The van der Waals surface area contributed by atoms with Crippen LogP contribution in [0.1, 0.15) is 27.2 Å². The van der Waals surface area contributed by atoms with Crippen LogP contribution in [0.4, 0.5) is 5.95 Å². The molecule has 0 aliphatic carbocycles. The minimum Gasteiger partial charge on any atom is -0.467 e. The number of hydrogen-bond acceptors (Lipinski definition) is 6. The standard InChI is InChI=1S/C11H20ClN5O/c1-7(2)5-11(3,6-13)17-9-14-8(12)15-10(16-9)18-4/h7H,5-6,13H2,1-4H3,(H,14,15,16,17). The zero-order chi connectivity index (χ0) is 13.8. The lowest BCUT2D eigenvalue weighted by Gasteiger charge is -2.31. The van der Waals surface area contributed by atoms with E-state index >= 15 is 0 Å². The van der Waals surface area contributed by atoms with Crippen molar-refractivity contribution in [2.45, 2.75) is 32.7 Å². The molecule has 0 bridgehead atoms. The zero-order valence-corrected chi connectivity index (χ0v) is 12.0. The van der Waals surface area contributed by atoms with Gasteiger partial charge in [0.15, 0.2) is 0 Å². The van der Waals surface area contributed by atoms with E-state index in [0.29, 0.717) is 18.4 Å². The Hall–Kier alpha value is -1.14. The summed E-state index contributed by atoms with van der Waals surface area (Å²) in [6.45, 7) is 6.76. The second-order valence-electron chi connectivity index (χ2n) is 4.90. The van der Waals surface area contributed by atoms with Gasteiger partial charge >= 0.3 is 6.01 Å². The molecular formula is C11H20ClN5O. The van der Waals surface area contributed by atoms with E-state index in [-0.39, 0.29) is 16.8 Å². The molecule has 102 valence electrons. The molecule has 1 atom stereocenters. The summed E-state index contributed by atoms with van der Waals surface area (Å²) in [7, 11) is 1.48. The Morgan fingerprint density at radius 3 is 2.56 bits per heavy atom. The normalized spacial score (nSPS) is 14.4. The first-order valence-electron chi connectivity index (χ1n) is 5.82. The SMILES string of the molecule is COc1nc(Cl)nc(NC(C)(CN)CC(C)C)n1. The third kappa shape index (κ3) is 4.27. The summed E-state index contributed by atoms with van der Waals surface area (Å²) in [5.74, 6) is 0.880. The van der Waals surface area contributed by atoms with Crippen molar-refractivity contribution in [3.63, 3.8) is 0 Å². The van der Waals surface area contributed by atoms with Gasteiger partial charge in [0.25, 0.3) is 0 Å². The molecule has 0 fully saturated rings. The van der Waals surface area contributed by atoms with Crippen LogP contribution in [0.15, 0.2) is 0 Å². The Labute approximate surface area is 112 Å². The molecule has 3 N–H and O–H groups in total. The number of ether oxygens (including phenoxy) is 1. The molecule has 6 nitrogen and oxygen atoms in total. The average Bonchev–Trinajstić information content (AvgIpc) is 2.26. The van der Waals surface area contributed by atoms with Gasteiger partial charge in [0.2, 0.25) is 11.2 Å². The van der Waals surface area contributed by atoms with Gasteiger partial charge in [-0.15, -0.1) is 0 Å². The molecule has 1 unspecified atom stereocenters. The van der Waals surface area contributed by atoms with Crippen LogP contribution in [0.3, 0.4) is 0 Å². The van der Waals surface area contributed by atoms with Gasteiger partial charge in [-0.05, 0) is 30.9 Å². The summed E-state index contributed by atoms with van der Waals surface area (Å²) in [6, 6.07) is 0.182. The van der Waals surface area contributed by atoms with E-state index in [9.17, 15) is 0 Å². The van der Waals surface area contributed by atoms with E-state index in [1.807, 2.05) is 6.92 Å². The highest BCUT2D eigenvalue weighted by Crippen LogP contribution is 2.21. The largest absolute Gasteiger partial charge is 0.467 e. The van der Waals surface area contributed by atoms with E-state index in [1.54, 1.807) is 0 Å². The summed E-state index contributed by atoms with van der Waals surface area (Å²) in [5.41, 5.74) is 5.53. The number of nitrogens with zero attached hydrogens (tertiary/aromatic N) is 3. The first kappa shape index (κ1) is 14.9. The minimum atomic E-state index is -0.288. The second-order valence-corrected chi connectivity index (χ2v) is 5.24. The molecule has 1 rings (SSSR count). The van der Waals surface area contributed by atoms with Gasteiger partial charge in [0.05, 0.1) is 7.11 Å². The summed E-state index contributed by atoms with van der Waals surface area (Å²) in [4.78, 5) is 11.9. The molecule has 0 radical (unpaired) electrons. The minimum absolute atomic E-state index is 0.0910. The molecule has 0 saturated carbocycles. The fourth-order valence-corrected chi connectivity index (χ4v) is 1.99. The highest BCUT2D eigenvalue weighted by molar-refractivity contribution is 6.28. The van der Waals surface area contributed by atoms with Crippen molar-refractivity contribution >= 4 is 17.5 Å². The van der Waals surface area contributed by atoms with Crippen molar-refractivity contribution < 1.29 is 4.74 Å². The fourth-order valence-electron chi connectivity index (χ4n) is 1.84. The molecule has 1 heterocycles. The first-order valence-corrected chi connectivity index (χ1v) is 6.20. The molecule has 7 heteroatoms. The van der Waals surface area contributed by atoms with Gasteiger partial charge < -0.3 is 15.8 Å². The van der Waals surface area contributed by atoms with Crippen molar-refractivity contribution in [3.8, 4) is 6.01 Å². The molecule has 0 spiro atoms. The van der Waals surface area contributed by atoms with Gasteiger partial charge in [-0.2, -0.15) is 15.0 Å². The molecular weight excluding hydrogens is 254 g/mol. The number of hydrogen-bond donors (Lipinski definition) is 2. The summed E-state index contributed by atoms with van der Waals surface area (Å²) < 4.78 is 4.95. The van der Waals surface area contributed by atoms with Crippen LogP contribution < -0.4 is 15.8 Å². The van der Waals surface area contributed by atoms with E-state index < -0.39 is 0 Å². The van der Waals surface area contributed by atoms with E-state index in [0.717, 1.165) is 6.42 Å². The van der Waals surface area contributed by atoms with Gasteiger partial charge in [-0.3, -0.25) is 0 Å². The Bertz CT molecular complexity index is 401. The van der Waals surface area contributed by atoms with Crippen LogP contribution >= 0.6 is 11.6 Å². The highest BCUT2D eigenvalue weighted by Gasteiger charge is 2.25. The van der Waals surface area contributed by atoms with E-state index in [4.69, 9.17) is 22.1 Å². The molecule has 1 aromatic rings. The Kier molecular flexibility index (Phi) is 5.10. The quantitative estimate of drug-likeness (QED) is 0.821. The van der Waals surface area contributed by atoms with Crippen LogP contribution in [0, 0.1) is 5.92 Å². The lowest BCUT2D eigenvalue weighted by molar-refractivity contribution is 0.375. The monoisotopic (exact) mass is 273 g/mol. The van der Waals surface area contributed by atoms with Gasteiger partial charge in [-0.1, -0.05) is 13.8 Å². The molecule has 0 saturated heterocycles. The summed E-state index contributed by atoms with van der Waals surface area (Å²) >= 11 is 5.79. The predicted octanol–water partition coefficient (Wildman–Crippen LogP) is 1.71. The summed E-state index contributed by atoms with van der Waals surface area (Å²) in [5, 5.41) is 3.29. The second kappa shape index (κ2) is 6.15. The average molecular weight is 274 g/mol. The molecule has 0 amide bonds. The van der Waals surface area contributed by atoms with Gasteiger partial charge in [-0.25, -0.2) is 0 Å². The number of nitrogens with two attached hydrogens (primary N) is 1. The van der Waals surface area contributed by atoms with Crippen molar-refractivity contribution in [3.05, 3.63) is 5.28 Å². The molecule has 18 heavy (non-hydrogen) atoms. The topological polar surface area (TPSA) is 86.0 Å². The zero-order valence-electron chi connectivity index (χ0n) is 11.2. The van der Waals surface area contributed by atoms with E-state index in [1.165, 1.54) is 7.11 Å². The molecule has 0 aromatic carbocycles. The maximum atomic E-state index is 5.81. The number of aromatic nitrogens is 3. The number of nitrogens with one attached hydrogen (secondary N) is 1. The third-order valence-corrected chi connectivity index (χ3v) is 2.66. The van der Waals surface area contributed by atoms with Crippen LogP contribution in [0.5, 0.6) is 6.01 Å². The van der Waals surface area contributed by atoms with Crippen LogP contribution in [0.2, 0.25) is 5.28 Å². The Morgan fingerprint density at radius 2 is 2.06 bits per heavy atom. The van der Waals surface area contributed by atoms with E-state index in [2.05, 4.69) is 34.1 Å². The van der Waals surface area contributed by atoms with Crippen molar-refractivity contribution in [2.75, 3.05) is 19.0 Å². The lowest BCUT2D eigenvalue weighted by atomic mass is 9.91. The van der Waals surface area contributed by atoms with Crippen LogP contribution in [-0.2, 0) is 0 Å². The fraction of sp³-hybridized carbons (Fsp3) is 0.727. The summed E-state index contributed by atoms with van der Waals surface area (Å²) in [6.07, 6.45) is 0.898. The van der Waals surface area contributed by atoms with Crippen molar-refractivity contribution in [1.29, 1.82) is 0 Å². The molecule has 0 aliphatic rings. The lowest BCUT2D eigenvalue weighted by Crippen LogP contribution is -2.44. The maximum Gasteiger partial charge on any atom is 0.322 e. The van der Waals surface area contributed by atoms with Crippen LogP contribution in [0.25, 0.3) is 0 Å². The highest BCUT2D eigenvalue weighted by atomic mass is 35.5. The van der Waals surface area contributed by atoms with Gasteiger partial charge in [0, 0.05) is 12.1 Å². The third-order valence-electron chi connectivity index (χ3n) is 2.49. The van der Waals surface area contributed by atoms with Crippen LogP contribution in [-0.4, -0.2) is 34.1 Å². The Balaban J connectivity index is 2.90. The van der Waals surface area contributed by atoms with Crippen molar-refractivity contribution in [2.24, 2.45) is 11.7 Å². The number of anilines is 1. The smallest absolute Gasteiger partial charge is 0.322 e. The maximum absolute atomic E-state index is 5.81. The number of rotatable bonds is 6. The predicted molar refractivity (Wildman–Crippen MR) is 71.9 cm³/mol. The number of halogens is 1. The number of methoxy groups -OCH3 is 1. The molecule has 0 aliphatic heterocycles. The first-order chi connectivity index (χ1) is 8.38.